The van der Waals surface area contributed by atoms with Crippen LogP contribution in [-0.2, 0) is 28.1 Å². The standard InChI is InChI=1S/C107H84F12N8O16/c1-48-35-51(79(123-83(131)65-30-22-55(42-73(65)87(123)135)103(18,107(117,118)119)59-26-34-69-77(46-59)95(143)127(91(69)139)99(12,13)14)49(2)78(48)122-82(130)64-29-21-54(41-72(64)86(122)134)102(17,106(114,115)116)58-25-33-68-76(45-58)94(142)126(90(68)138)98(9,10)11)36-50-37-60(120-80(128)62-27-19-52(39-70(62)84(120)132)100(15,104(108,109)110)56-23-31-66-74(43-56)92(140)124(88(66)136)96(3,4)5)47-61(38-50)121-81(129)63-28-20-53(40-71(63)85(121)133)101(16,105(111,112)113)57-24-32-67-75(44-57)93(141)125(89(67)137)97(6,7)8/h19-35,37-47H,36H2,1-18H3/t100-,101+,102-,103+/m0/s1. The van der Waals surface area contributed by atoms with Gasteiger partial charge in [0.15, 0.2) is 0 Å². The van der Waals surface area contributed by atoms with Gasteiger partial charge in [-0.2, -0.15) is 52.7 Å². The van der Waals surface area contributed by atoms with Crippen molar-refractivity contribution in [3.05, 3.63) is 326 Å². The van der Waals surface area contributed by atoms with Gasteiger partial charge in [-0.1, -0.05) is 54.6 Å². The van der Waals surface area contributed by atoms with Crippen LogP contribution < -0.4 is 19.6 Å². The van der Waals surface area contributed by atoms with Gasteiger partial charge in [0.05, 0.1) is 112 Å². The topological polar surface area (TPSA) is 299 Å². The number of hydrogen-bond donors (Lipinski definition) is 0. The first-order valence-electron chi connectivity index (χ1n) is 44.8. The van der Waals surface area contributed by atoms with Gasteiger partial charge in [-0.15, -0.1) is 0 Å². The first-order valence-corrected chi connectivity index (χ1v) is 44.8. The molecule has 0 bridgehead atoms. The largest absolute Gasteiger partial charge is 0.402 e. The average molecular weight is 1970 g/mol. The highest BCUT2D eigenvalue weighted by molar-refractivity contribution is 6.39. The van der Waals surface area contributed by atoms with Crippen LogP contribution >= 0.6 is 0 Å². The highest BCUT2D eigenvalue weighted by atomic mass is 19.4. The van der Waals surface area contributed by atoms with E-state index >= 15 is 91.0 Å². The molecule has 8 aliphatic heterocycles. The molecule has 732 valence electrons. The Kier molecular flexibility index (Phi) is 21.2. The van der Waals surface area contributed by atoms with Gasteiger partial charge >= 0.3 is 24.7 Å². The van der Waals surface area contributed by atoms with Crippen LogP contribution in [-0.4, -0.2) is 161 Å². The minimum atomic E-state index is -5.37. The molecule has 4 atom stereocenters. The molecule has 10 aromatic rings. The lowest BCUT2D eigenvalue weighted by molar-refractivity contribution is -0.173. The van der Waals surface area contributed by atoms with Crippen molar-refractivity contribution in [3.8, 4) is 0 Å². The van der Waals surface area contributed by atoms with Crippen LogP contribution in [0.4, 0.5) is 75.4 Å². The summed E-state index contributed by atoms with van der Waals surface area (Å²) in [4.78, 5) is 241. The van der Waals surface area contributed by atoms with Gasteiger partial charge in [-0.05, 0) is 313 Å². The maximum atomic E-state index is 16.5. The Morgan fingerprint density at radius 1 is 0.203 bits per heavy atom. The molecule has 8 aliphatic rings. The molecule has 143 heavy (non-hydrogen) atoms. The maximum Gasteiger partial charge on any atom is 0.402 e. The average Bonchev–Trinajstić information content (AvgIpc) is 1.59. The van der Waals surface area contributed by atoms with Gasteiger partial charge < -0.3 is 0 Å². The molecule has 24 nitrogen and oxygen atoms in total. The van der Waals surface area contributed by atoms with E-state index in [4.69, 9.17) is 0 Å². The van der Waals surface area contributed by atoms with Crippen LogP contribution in [0.25, 0.3) is 0 Å². The van der Waals surface area contributed by atoms with E-state index in [1.165, 1.54) is 90.0 Å². The number of halogens is 12. The summed E-state index contributed by atoms with van der Waals surface area (Å²) in [6, 6.07) is 25.7. The Bertz CT molecular complexity index is 7490. The van der Waals surface area contributed by atoms with Crippen LogP contribution in [0, 0.1) is 13.8 Å². The molecular weight excluding hydrogens is 1880 g/mol. The van der Waals surface area contributed by atoms with E-state index in [1.807, 2.05) is 0 Å². The zero-order valence-electron chi connectivity index (χ0n) is 79.5. The van der Waals surface area contributed by atoms with Crippen LogP contribution in [0.5, 0.6) is 0 Å². The molecule has 0 saturated heterocycles. The van der Waals surface area contributed by atoms with E-state index in [1.54, 1.807) is 0 Å². The van der Waals surface area contributed by atoms with Gasteiger partial charge in [-0.3, -0.25) is 96.3 Å². The Hall–Kier alpha value is -15.5. The molecular formula is C107H84F12N8O16. The van der Waals surface area contributed by atoms with Gasteiger partial charge in [0.25, 0.3) is 94.5 Å². The Morgan fingerprint density at radius 3 is 0.587 bits per heavy atom. The summed E-state index contributed by atoms with van der Waals surface area (Å²) in [5.74, 6) is -17.8. The molecule has 36 heteroatoms. The van der Waals surface area contributed by atoms with Crippen molar-refractivity contribution in [3.63, 3.8) is 0 Å². The lowest BCUT2D eigenvalue weighted by Crippen LogP contribution is -2.45. The molecule has 0 saturated carbocycles. The van der Waals surface area contributed by atoms with Crippen LogP contribution in [0.2, 0.25) is 0 Å². The molecule has 0 fully saturated rings. The zero-order chi connectivity index (χ0) is 105. The maximum absolute atomic E-state index is 16.5. The number of benzene rings is 10. The van der Waals surface area contributed by atoms with E-state index in [0.29, 0.717) is 40.4 Å². The highest BCUT2D eigenvalue weighted by Crippen LogP contribution is 2.56. The van der Waals surface area contributed by atoms with Crippen molar-refractivity contribution in [2.24, 2.45) is 0 Å². The number of amides is 16. The summed E-state index contributed by atoms with van der Waals surface area (Å²) in [5, 5.41) is 0. The summed E-state index contributed by atoms with van der Waals surface area (Å²) in [7, 11) is 0. The fourth-order valence-electron chi connectivity index (χ4n) is 20.8. The van der Waals surface area contributed by atoms with Crippen molar-refractivity contribution in [1.82, 2.24) is 19.6 Å². The second-order valence-electron chi connectivity index (χ2n) is 41.5. The Balaban J connectivity index is 0.800. The molecule has 0 radical (unpaired) electrons. The van der Waals surface area contributed by atoms with E-state index in [-0.39, 0.29) is 44.5 Å². The van der Waals surface area contributed by atoms with E-state index < -0.39 is 303 Å². The van der Waals surface area contributed by atoms with Crippen LogP contribution in [0.1, 0.15) is 343 Å². The Morgan fingerprint density at radius 2 is 0.378 bits per heavy atom. The monoisotopic (exact) mass is 1960 g/mol. The number of rotatable bonds is 14. The third-order valence-electron chi connectivity index (χ3n) is 28.8. The number of fused-ring (bicyclic) bond motifs is 8. The SMILES string of the molecule is Cc1cc(Cc2cc(N3C(=O)c4ccc([C@@](C)(c5ccc6c(c5)C(=O)N(C(C)(C)C)C6=O)C(F)(F)F)cc4C3=O)cc(N3C(=O)c4ccc([C@](C)(c5ccc6c(c5)C(=O)N(C(C)(C)C)C6=O)C(F)(F)F)cc4C3=O)c2)c(N2C(=O)c3ccc([C@](C)(c4ccc5c(c4)C(=O)N(C(C)(C)C)C5=O)C(F)(F)F)cc3C2=O)c(C)c1N1C(=O)c2ccc([C@@](C)(c3ccc4c(c3)C(=O)N(C(C)(C)C)C4=O)C(F)(F)F)cc2C1=O. The van der Waals surface area contributed by atoms with Crippen LogP contribution in [0.3, 0.4) is 0 Å². The van der Waals surface area contributed by atoms with Gasteiger partial charge in [0.2, 0.25) is 0 Å². The minimum absolute atomic E-state index is 0.183. The fraction of sp³-hybridized carbons (Fsp3) is 0.290. The van der Waals surface area contributed by atoms with Crippen LogP contribution in [0.15, 0.2) is 170 Å². The van der Waals surface area contributed by atoms with E-state index in [9.17, 15) is 38.4 Å². The number of hydrogen-bond acceptors (Lipinski definition) is 16. The van der Waals surface area contributed by atoms with Crippen molar-refractivity contribution >= 4 is 117 Å². The summed E-state index contributed by atoms with van der Waals surface area (Å²) in [5.41, 5.74) is -34.3. The fourth-order valence-corrected chi connectivity index (χ4v) is 20.8. The Labute approximate surface area is 807 Å². The molecule has 16 amide bonds. The summed E-state index contributed by atoms with van der Waals surface area (Å²) >= 11 is 0. The lowest BCUT2D eigenvalue weighted by atomic mass is 9.74. The third-order valence-corrected chi connectivity index (χ3v) is 28.8. The summed E-state index contributed by atoms with van der Waals surface area (Å²) in [6.07, 6.45) is -22.2. The van der Waals surface area contributed by atoms with Crippen molar-refractivity contribution in [2.75, 3.05) is 19.6 Å². The second-order valence-corrected chi connectivity index (χ2v) is 41.5. The molecule has 10 aromatic carbocycles. The minimum Gasteiger partial charge on any atom is -0.269 e. The molecule has 0 aromatic heterocycles. The first kappa shape index (κ1) is 97.7. The quantitative estimate of drug-likeness (QED) is 0.0721. The van der Waals surface area contributed by atoms with E-state index in [2.05, 4.69) is 0 Å². The smallest absolute Gasteiger partial charge is 0.269 e. The molecule has 8 heterocycles. The number of carbonyl (C=O) groups is 16. The first-order chi connectivity index (χ1) is 66.0. The number of anilines is 4. The molecule has 0 N–H and O–H groups in total. The lowest BCUT2D eigenvalue weighted by Gasteiger charge is -2.33. The number of nitrogens with zero attached hydrogens (tertiary/aromatic N) is 8. The van der Waals surface area contributed by atoms with Crippen molar-refractivity contribution in [2.45, 2.75) is 200 Å². The van der Waals surface area contributed by atoms with Crippen molar-refractivity contribution in [1.29, 1.82) is 0 Å². The summed E-state index contributed by atoms with van der Waals surface area (Å²) < 4.78 is 196. The predicted molar refractivity (Wildman–Crippen MR) is 492 cm³/mol. The number of carbonyl (C=O) groups excluding carboxylic acids is 16. The predicted octanol–water partition coefficient (Wildman–Crippen LogP) is 20.1. The zero-order valence-corrected chi connectivity index (χ0v) is 79.5. The van der Waals surface area contributed by atoms with Gasteiger partial charge in [0, 0.05) is 22.2 Å². The van der Waals surface area contributed by atoms with Crippen molar-refractivity contribution < 1.29 is 129 Å². The van der Waals surface area contributed by atoms with E-state index in [0.717, 1.165) is 203 Å². The molecule has 0 unspecified atom stereocenters. The highest BCUT2D eigenvalue weighted by Gasteiger charge is 2.62. The summed E-state index contributed by atoms with van der Waals surface area (Å²) in [6.45, 7) is 23.6. The van der Waals surface area contributed by atoms with Gasteiger partial charge in [-0.25, -0.2) is 19.6 Å². The molecule has 0 spiro atoms. The third kappa shape index (κ3) is 13.8. The number of aryl methyl sites for hydroxylation is 1. The normalized spacial score (nSPS) is 17.9. The molecule has 0 aliphatic carbocycles. The van der Waals surface area contributed by atoms with Gasteiger partial charge in [0.1, 0.15) is 21.7 Å². The number of imide groups is 8. The molecule has 18 rings (SSSR count). The number of alkyl halides is 12. The second kappa shape index (κ2) is 31.0.